The number of carbonyl (C=O) groups is 2. The van der Waals surface area contributed by atoms with Crippen LogP contribution in [0.5, 0.6) is 0 Å². The number of aliphatic carboxylic acids is 1. The minimum Gasteiger partial charge on any atom is -0.481 e. The van der Waals surface area contributed by atoms with Crippen LogP contribution in [-0.2, 0) is 19.2 Å². The summed E-state index contributed by atoms with van der Waals surface area (Å²) in [5.41, 5.74) is 7.53. The molecule has 1 fully saturated rings. The smallest absolute Gasteiger partial charge is 0.300 e. The Morgan fingerprint density at radius 1 is 1.30 bits per heavy atom. The summed E-state index contributed by atoms with van der Waals surface area (Å²) in [6.45, 7) is 1.81. The lowest BCUT2D eigenvalue weighted by Crippen LogP contribution is -2.63. The summed E-state index contributed by atoms with van der Waals surface area (Å²) in [5.74, 6) is -1.29. The number of hydroxylamine groups is 1. The number of carboxylic acid groups (broad SMARTS) is 1. The van der Waals surface area contributed by atoms with Gasteiger partial charge in [-0.05, 0) is 0 Å². The molecule has 1 aliphatic heterocycles. The minimum absolute atomic E-state index is 0.461. The summed E-state index contributed by atoms with van der Waals surface area (Å²) in [4.78, 5) is 24.4. The quantitative estimate of drug-likeness (QED) is 0.295. The number of ether oxygens (including phenoxy) is 1. The largest absolute Gasteiger partial charge is 0.481 e. The fourth-order valence-electron chi connectivity index (χ4n) is 1.35. The first-order valence-corrected chi connectivity index (χ1v) is 5.70. The van der Waals surface area contributed by atoms with Gasteiger partial charge in [-0.2, -0.15) is 0 Å². The number of amides is 1. The van der Waals surface area contributed by atoms with Crippen LogP contribution in [0.4, 0.5) is 0 Å². The predicted molar refractivity (Wildman–Crippen MR) is 63.9 cm³/mol. The van der Waals surface area contributed by atoms with Gasteiger partial charge < -0.3 is 30.9 Å². The molecule has 0 saturated carbocycles. The first kappa shape index (κ1) is 18.7. The highest BCUT2D eigenvalue weighted by Crippen LogP contribution is 2.19. The van der Waals surface area contributed by atoms with Crippen LogP contribution >= 0.6 is 0 Å². The second kappa shape index (κ2) is 8.79. The lowest BCUT2D eigenvalue weighted by Gasteiger charge is -2.39. The van der Waals surface area contributed by atoms with Gasteiger partial charge in [0.25, 0.3) is 5.97 Å². The maximum Gasteiger partial charge on any atom is 0.300 e. The normalized spacial score (nSPS) is 32.8. The van der Waals surface area contributed by atoms with E-state index >= 15 is 0 Å². The number of carboxylic acids is 1. The van der Waals surface area contributed by atoms with E-state index in [0.29, 0.717) is 0 Å². The van der Waals surface area contributed by atoms with Crippen molar-refractivity contribution in [1.82, 2.24) is 5.48 Å². The van der Waals surface area contributed by atoms with E-state index < -0.39 is 49.1 Å². The molecular weight excluding hydrogens is 276 g/mol. The highest BCUT2D eigenvalue weighted by Gasteiger charge is 2.43. The number of hydrogen-bond donors (Lipinski definition) is 6. The topological polar surface area (TPSA) is 172 Å². The predicted octanol–water partition coefficient (Wildman–Crippen LogP) is -3.09. The molecular formula is C10H20N2O8. The molecule has 0 aromatic rings. The molecule has 7 N–H and O–H groups in total. The fourth-order valence-corrected chi connectivity index (χ4v) is 1.35. The first-order valence-electron chi connectivity index (χ1n) is 5.70. The number of rotatable bonds is 3. The van der Waals surface area contributed by atoms with Crippen LogP contribution in [0.2, 0.25) is 0 Å². The van der Waals surface area contributed by atoms with Crippen molar-refractivity contribution in [1.29, 1.82) is 0 Å². The van der Waals surface area contributed by atoms with Crippen LogP contribution in [0.15, 0.2) is 0 Å². The average molecular weight is 296 g/mol. The van der Waals surface area contributed by atoms with Crippen LogP contribution < -0.4 is 11.2 Å². The monoisotopic (exact) mass is 296 g/mol. The van der Waals surface area contributed by atoms with Crippen molar-refractivity contribution in [3.8, 4) is 0 Å². The van der Waals surface area contributed by atoms with Crippen molar-refractivity contribution < 1.29 is 39.6 Å². The number of carbonyl (C=O) groups excluding carboxylic acids is 1. The van der Waals surface area contributed by atoms with Crippen molar-refractivity contribution in [3.05, 3.63) is 0 Å². The Kier molecular flexibility index (Phi) is 8.22. The van der Waals surface area contributed by atoms with Crippen LogP contribution in [0.3, 0.4) is 0 Å². The van der Waals surface area contributed by atoms with E-state index in [0.717, 1.165) is 6.92 Å². The van der Waals surface area contributed by atoms with Crippen LogP contribution in [0.1, 0.15) is 13.8 Å². The van der Waals surface area contributed by atoms with E-state index in [1.807, 2.05) is 5.48 Å². The molecule has 0 aromatic heterocycles. The second-order valence-electron chi connectivity index (χ2n) is 4.08. The molecule has 10 nitrogen and oxygen atoms in total. The number of nitrogens with one attached hydrogen (secondary N) is 1. The number of hydrogen-bond acceptors (Lipinski definition) is 8. The molecule has 0 spiro atoms. The molecule has 0 radical (unpaired) electrons. The van der Waals surface area contributed by atoms with Crippen molar-refractivity contribution in [2.24, 2.45) is 5.73 Å². The van der Waals surface area contributed by atoms with E-state index in [-0.39, 0.29) is 0 Å². The molecule has 10 heteroatoms. The molecule has 0 aromatic carbocycles. The Morgan fingerprint density at radius 2 is 1.80 bits per heavy atom. The lowest BCUT2D eigenvalue weighted by atomic mass is 9.98. The Balaban J connectivity index is 0.000000796. The van der Waals surface area contributed by atoms with Gasteiger partial charge >= 0.3 is 0 Å². The van der Waals surface area contributed by atoms with Gasteiger partial charge in [-0.15, -0.1) is 0 Å². The number of aliphatic hydroxyl groups excluding tert-OH is 3. The third kappa shape index (κ3) is 6.23. The Bertz CT molecular complexity index is 320. The van der Waals surface area contributed by atoms with Gasteiger partial charge in [0.1, 0.15) is 18.3 Å². The van der Waals surface area contributed by atoms with Gasteiger partial charge in [0.05, 0.1) is 12.6 Å². The second-order valence-corrected chi connectivity index (χ2v) is 4.08. The number of aliphatic hydroxyl groups is 3. The van der Waals surface area contributed by atoms with Crippen LogP contribution in [0, 0.1) is 0 Å². The van der Waals surface area contributed by atoms with E-state index in [1.54, 1.807) is 0 Å². The molecule has 118 valence electrons. The summed E-state index contributed by atoms with van der Waals surface area (Å²) < 4.78 is 5.06. The van der Waals surface area contributed by atoms with E-state index in [2.05, 4.69) is 0 Å². The van der Waals surface area contributed by atoms with Crippen molar-refractivity contribution in [2.75, 3.05) is 6.61 Å². The van der Waals surface area contributed by atoms with Gasteiger partial charge in [-0.3, -0.25) is 9.59 Å². The summed E-state index contributed by atoms with van der Waals surface area (Å²) in [6.07, 6.45) is -4.73. The minimum atomic E-state index is -1.30. The third-order valence-corrected chi connectivity index (χ3v) is 2.25. The average Bonchev–Trinajstić information content (AvgIpc) is 2.34. The molecule has 1 rings (SSSR count). The molecule has 0 bridgehead atoms. The van der Waals surface area contributed by atoms with Crippen LogP contribution in [-0.4, -0.2) is 69.6 Å². The summed E-state index contributed by atoms with van der Waals surface area (Å²) in [6, 6.07) is -1.02. The molecule has 1 amide bonds. The molecule has 1 heterocycles. The van der Waals surface area contributed by atoms with Gasteiger partial charge in [0.15, 0.2) is 0 Å². The van der Waals surface area contributed by atoms with E-state index in [1.165, 1.54) is 6.92 Å². The molecule has 1 unspecified atom stereocenters. The third-order valence-electron chi connectivity index (χ3n) is 2.25. The van der Waals surface area contributed by atoms with Gasteiger partial charge in [0, 0.05) is 13.8 Å². The van der Waals surface area contributed by atoms with E-state index in [4.69, 9.17) is 30.3 Å². The van der Waals surface area contributed by atoms with Crippen molar-refractivity contribution in [3.63, 3.8) is 0 Å². The SMILES string of the molecule is CC(=O)NOC1O[C@H](CO)[C@H](O)[C@H](O)[C@H]1N.CC(=O)O. The fraction of sp³-hybridized carbons (Fsp3) is 0.800. The zero-order chi connectivity index (χ0) is 15.9. The van der Waals surface area contributed by atoms with Gasteiger partial charge in [-0.1, -0.05) is 0 Å². The molecule has 0 aliphatic carbocycles. The first-order chi connectivity index (χ1) is 9.20. The Morgan fingerprint density at radius 3 is 2.20 bits per heavy atom. The van der Waals surface area contributed by atoms with Crippen molar-refractivity contribution >= 4 is 11.9 Å². The Labute approximate surface area is 115 Å². The summed E-state index contributed by atoms with van der Waals surface area (Å²) >= 11 is 0. The molecule has 5 atom stereocenters. The summed E-state index contributed by atoms with van der Waals surface area (Å²) in [5, 5.41) is 35.3. The number of nitrogens with two attached hydrogens (primary N) is 1. The van der Waals surface area contributed by atoms with E-state index in [9.17, 15) is 15.0 Å². The maximum absolute atomic E-state index is 10.6. The van der Waals surface area contributed by atoms with Crippen LogP contribution in [0.25, 0.3) is 0 Å². The highest BCUT2D eigenvalue weighted by atomic mass is 16.8. The molecule has 1 aliphatic rings. The summed E-state index contributed by atoms with van der Waals surface area (Å²) in [7, 11) is 0. The molecule has 20 heavy (non-hydrogen) atoms. The molecule has 1 saturated heterocycles. The van der Waals surface area contributed by atoms with Crippen molar-refractivity contribution in [2.45, 2.75) is 44.5 Å². The highest BCUT2D eigenvalue weighted by molar-refractivity contribution is 5.71. The van der Waals surface area contributed by atoms with Gasteiger partial charge in [0.2, 0.25) is 12.2 Å². The Hall–Kier alpha value is -1.30. The standard InChI is InChI=1S/C8H16N2O6.C2H4O2/c1-3(12)10-16-8-5(9)7(14)6(13)4(2-11)15-8;1-2(3)4/h4-8,11,13-14H,2,9H2,1H3,(H,10,12);1H3,(H,3,4)/t4-,5-,6+,7-,8?;/m1./s1. The maximum atomic E-state index is 10.6. The zero-order valence-corrected chi connectivity index (χ0v) is 11.1. The van der Waals surface area contributed by atoms with Gasteiger partial charge in [-0.25, -0.2) is 10.3 Å². The lowest BCUT2D eigenvalue weighted by molar-refractivity contribution is -0.280. The zero-order valence-electron chi connectivity index (χ0n) is 11.1.